The molecule has 25 heteroatoms. The number of Topliss-reactive ketones (excluding diaryl/α,β-unsaturated/α-hetero) is 4. The van der Waals surface area contributed by atoms with E-state index in [0.717, 1.165) is 0 Å². The molecule has 97 heavy (non-hydrogen) atoms. The van der Waals surface area contributed by atoms with E-state index in [-0.39, 0.29) is 51.9 Å². The zero-order valence-electron chi connectivity index (χ0n) is 67.4. The average Bonchev–Trinajstić information content (AvgIpc) is 0.811. The van der Waals surface area contributed by atoms with Crippen molar-refractivity contribution < 1.29 is 142 Å². The fourth-order valence-corrected chi connectivity index (χ4v) is 8.76. The van der Waals surface area contributed by atoms with Gasteiger partial charge < -0.3 is 96.4 Å². The van der Waals surface area contributed by atoms with Crippen LogP contribution in [0.1, 0.15) is 303 Å². The van der Waals surface area contributed by atoms with Crippen LogP contribution >= 0.6 is 0 Å². The van der Waals surface area contributed by atoms with E-state index in [1.165, 1.54) is 0 Å². The van der Waals surface area contributed by atoms with Crippen molar-refractivity contribution in [2.45, 2.75) is 417 Å². The van der Waals surface area contributed by atoms with Gasteiger partial charge in [-0.25, -0.2) is 0 Å². The zero-order valence-corrected chi connectivity index (χ0v) is 69.9. The summed E-state index contributed by atoms with van der Waals surface area (Å²) in [6, 6.07) is 0. The molecule has 0 aromatic heterocycles. The van der Waals surface area contributed by atoms with Crippen LogP contribution in [0.25, 0.3) is 0 Å². The molecule has 0 amide bonds. The van der Waals surface area contributed by atoms with E-state index >= 15 is 0 Å². The molecule has 4 unspecified atom stereocenters. The third-order valence-corrected chi connectivity index (χ3v) is 10.8. The monoisotopic (exact) mass is 1470 g/mol. The predicted octanol–water partition coefficient (Wildman–Crippen LogP) is 8.90. The SMILES string of the molecule is CCC(OC(C)(C)C)(OC(C)(C)C)C(=O)C(OC(C)(C)C)C(=O)[O-].CCC(OC(C)(C)C)(OC(C)(C)C)C(=O)C(OC(C)(C)C)C(=O)[O-].CCC(OC(C)(C)C)(OC(C)(C)C)C(=O)C(OC(C)(C)C)C(=O)[O-].CCC(OC(C)(C)C)(OC(C)(C)C)C(=O)C(OC(C)(C)C)C(=O)[O-].[Zr+4]. The molecule has 0 N–H and O–H groups in total. The van der Waals surface area contributed by atoms with Crippen LogP contribution in [0.15, 0.2) is 0 Å². The van der Waals surface area contributed by atoms with Crippen molar-refractivity contribution in [1.29, 1.82) is 0 Å². The Morgan fingerprint density at radius 1 is 0.216 bits per heavy atom. The molecule has 0 aliphatic rings. The summed E-state index contributed by atoms with van der Waals surface area (Å²) in [5, 5.41) is 46.2. The fourth-order valence-electron chi connectivity index (χ4n) is 8.76. The number of ether oxygens (including phenoxy) is 12. The standard InChI is InChI=1S/4C18H34O6.Zr/c4*1-11-18(23-16(5,6)7,24-17(8,9)10)13(19)12(14(20)21)22-15(2,3)4;/h4*12H,11H2,1-10H3,(H,20,21);/q;;;;+4/p-4. The van der Waals surface area contributed by atoms with Crippen LogP contribution in [0.5, 0.6) is 0 Å². The van der Waals surface area contributed by atoms with Crippen molar-refractivity contribution >= 4 is 47.0 Å². The summed E-state index contributed by atoms with van der Waals surface area (Å²) in [5.74, 6) is -16.6. The van der Waals surface area contributed by atoms with Crippen LogP contribution < -0.4 is 20.4 Å². The minimum atomic E-state index is -1.78. The van der Waals surface area contributed by atoms with Crippen molar-refractivity contribution in [1.82, 2.24) is 0 Å². The average molecular weight is 1470 g/mol. The number of ketones is 4. The van der Waals surface area contributed by atoms with Gasteiger partial charge in [0.15, 0.2) is 24.4 Å². The first-order chi connectivity index (χ1) is 41.7. The summed E-state index contributed by atoms with van der Waals surface area (Å²) in [7, 11) is 0. The number of carboxylic acid groups (broad SMARTS) is 4. The summed E-state index contributed by atoms with van der Waals surface area (Å²) < 4.78 is 69.0. The van der Waals surface area contributed by atoms with E-state index < -0.39 is 162 Å². The van der Waals surface area contributed by atoms with Gasteiger partial charge in [-0.05, 0) is 249 Å². The Morgan fingerprint density at radius 3 is 0.361 bits per heavy atom. The summed E-state index contributed by atoms with van der Waals surface area (Å²) >= 11 is 0. The van der Waals surface area contributed by atoms with Crippen LogP contribution in [0.2, 0.25) is 0 Å². The molecule has 0 aliphatic carbocycles. The van der Waals surface area contributed by atoms with Gasteiger partial charge in [0, 0.05) is 25.7 Å². The second-order valence-corrected chi connectivity index (χ2v) is 35.3. The minimum Gasteiger partial charge on any atom is -0.547 e. The molecule has 0 spiro atoms. The van der Waals surface area contributed by atoms with Crippen LogP contribution in [-0.4, -0.2) is 162 Å². The Kier molecular flexibility index (Phi) is 39.6. The molecule has 0 saturated heterocycles. The summed E-state index contributed by atoms with van der Waals surface area (Å²) in [6.45, 7) is 69.4. The van der Waals surface area contributed by atoms with E-state index in [1.807, 2.05) is 0 Å². The molecule has 0 saturated carbocycles. The van der Waals surface area contributed by atoms with Gasteiger partial charge in [-0.1, -0.05) is 27.7 Å². The van der Waals surface area contributed by atoms with Crippen molar-refractivity contribution in [2.24, 2.45) is 0 Å². The Bertz CT molecular complexity index is 2080. The minimum absolute atomic E-state index is 0. The smallest absolute Gasteiger partial charge is 0.547 e. The maximum absolute atomic E-state index is 13.1. The fraction of sp³-hybridized carbons (Fsp3) is 0.889. The molecule has 568 valence electrons. The van der Waals surface area contributed by atoms with Gasteiger partial charge in [-0.3, -0.25) is 19.2 Å². The summed E-state index contributed by atoms with van der Waals surface area (Å²) in [4.78, 5) is 98.5. The van der Waals surface area contributed by atoms with E-state index in [9.17, 15) is 58.8 Å². The molecule has 0 aromatic carbocycles. The van der Waals surface area contributed by atoms with Crippen molar-refractivity contribution in [2.75, 3.05) is 0 Å². The van der Waals surface area contributed by atoms with Crippen LogP contribution in [-0.2, 0) is 121 Å². The number of rotatable bonds is 28. The van der Waals surface area contributed by atoms with Gasteiger partial charge in [-0.15, -0.1) is 0 Å². The molecular formula is C72H132O24Zr. The molecular weight excluding hydrogens is 1340 g/mol. The summed E-state index contributed by atoms with van der Waals surface area (Å²) in [6.07, 6.45) is -6.58. The maximum atomic E-state index is 13.1. The number of carbonyl (C=O) groups excluding carboxylic acids is 8. The van der Waals surface area contributed by atoms with E-state index in [0.29, 0.717) is 0 Å². The van der Waals surface area contributed by atoms with Gasteiger partial charge >= 0.3 is 26.2 Å². The molecule has 0 heterocycles. The second-order valence-electron chi connectivity index (χ2n) is 35.3. The largest absolute Gasteiger partial charge is 4.00 e. The molecule has 0 rings (SSSR count). The van der Waals surface area contributed by atoms with Gasteiger partial charge in [0.1, 0.15) is 0 Å². The Morgan fingerprint density at radius 2 is 0.309 bits per heavy atom. The predicted molar refractivity (Wildman–Crippen MR) is 357 cm³/mol. The first-order valence-electron chi connectivity index (χ1n) is 33.0. The Balaban J connectivity index is -0.000000386. The Hall–Kier alpha value is -3.04. The van der Waals surface area contributed by atoms with E-state index in [4.69, 9.17) is 56.8 Å². The normalized spacial score (nSPS) is 15.1. The van der Waals surface area contributed by atoms with E-state index in [2.05, 4.69) is 0 Å². The van der Waals surface area contributed by atoms with Gasteiger partial charge in [-0.2, -0.15) is 0 Å². The number of carbonyl (C=O) groups is 8. The molecule has 0 aliphatic heterocycles. The molecule has 0 aromatic rings. The van der Waals surface area contributed by atoms with Gasteiger partial charge in [0.2, 0.25) is 46.3 Å². The van der Waals surface area contributed by atoms with Crippen molar-refractivity contribution in [3.63, 3.8) is 0 Å². The van der Waals surface area contributed by atoms with Crippen molar-refractivity contribution in [3.8, 4) is 0 Å². The third kappa shape index (κ3) is 43.5. The molecule has 0 radical (unpaired) electrons. The van der Waals surface area contributed by atoms with Gasteiger partial charge in [0.05, 0.1) is 91.1 Å². The number of aliphatic carboxylic acids is 4. The van der Waals surface area contributed by atoms with Crippen LogP contribution in [0.3, 0.4) is 0 Å². The maximum Gasteiger partial charge on any atom is 4.00 e. The quantitative estimate of drug-likeness (QED) is 0.0521. The second kappa shape index (κ2) is 37.4. The number of carboxylic acids is 4. The topological polar surface area (TPSA) is 340 Å². The van der Waals surface area contributed by atoms with Crippen LogP contribution in [0, 0.1) is 0 Å². The first-order valence-corrected chi connectivity index (χ1v) is 33.0. The van der Waals surface area contributed by atoms with Gasteiger partial charge in [0.25, 0.3) is 0 Å². The number of hydrogen-bond donors (Lipinski definition) is 0. The van der Waals surface area contributed by atoms with Crippen molar-refractivity contribution in [3.05, 3.63) is 0 Å². The third-order valence-electron chi connectivity index (χ3n) is 10.8. The molecule has 4 atom stereocenters. The van der Waals surface area contributed by atoms with E-state index in [1.54, 1.807) is 277 Å². The molecule has 24 nitrogen and oxygen atoms in total. The number of hydrogen-bond acceptors (Lipinski definition) is 24. The Labute approximate surface area is 603 Å². The zero-order chi connectivity index (χ0) is 78.2. The molecule has 0 fully saturated rings. The summed E-state index contributed by atoms with van der Waals surface area (Å²) in [5.41, 5.74) is -9.19. The van der Waals surface area contributed by atoms with Crippen LogP contribution in [0.4, 0.5) is 0 Å². The first kappa shape index (κ1) is 103. The molecule has 0 bridgehead atoms.